The lowest BCUT2D eigenvalue weighted by atomic mass is 10.0. The number of aliphatic carboxylic acids is 1. The van der Waals surface area contributed by atoms with Crippen LogP contribution >= 0.6 is 0 Å². The molecular formula is C28H30N6O6S. The second-order valence-corrected chi connectivity index (χ2v) is 11.9. The second-order valence-electron chi connectivity index (χ2n) is 10.1. The molecule has 1 fully saturated rings. The number of amides is 1. The number of carbonyl (C=O) groups excluding carboxylic acids is 1. The smallest absolute Gasteiger partial charge is 0.329 e. The fourth-order valence-corrected chi connectivity index (χ4v) is 6.67. The number of likely N-dealkylation sites (tertiary alicyclic amines) is 1. The van der Waals surface area contributed by atoms with Crippen molar-refractivity contribution in [2.45, 2.75) is 32.4 Å². The molecule has 1 saturated heterocycles. The molecule has 2 aliphatic heterocycles. The summed E-state index contributed by atoms with van der Waals surface area (Å²) >= 11 is 0. The average Bonchev–Trinajstić information content (AvgIpc) is 2.93. The summed E-state index contributed by atoms with van der Waals surface area (Å²) in [6.45, 7) is 1.88. The third-order valence-electron chi connectivity index (χ3n) is 7.29. The Morgan fingerprint density at radius 3 is 2.39 bits per heavy atom. The van der Waals surface area contributed by atoms with Crippen molar-refractivity contribution in [3.63, 3.8) is 0 Å². The summed E-state index contributed by atoms with van der Waals surface area (Å²) in [5.41, 5.74) is 6.88. The van der Waals surface area contributed by atoms with E-state index in [2.05, 4.69) is 0 Å². The van der Waals surface area contributed by atoms with Crippen molar-refractivity contribution in [1.29, 1.82) is 10.8 Å². The number of rotatable bonds is 7. The predicted octanol–water partition coefficient (Wildman–Crippen LogP) is 2.76. The van der Waals surface area contributed by atoms with Crippen LogP contribution in [0.4, 0.5) is 5.69 Å². The van der Waals surface area contributed by atoms with E-state index in [0.29, 0.717) is 52.9 Å². The number of nitrogens with two attached hydrogens (primary N) is 1. The van der Waals surface area contributed by atoms with Crippen LogP contribution in [0.5, 0.6) is 5.75 Å². The molecule has 214 valence electrons. The fraction of sp³-hybridized carbons (Fsp3) is 0.286. The number of fused-ring (bicyclic) bond motifs is 2. The zero-order chi connectivity index (χ0) is 29.5. The third kappa shape index (κ3) is 5.53. The standard InChI is InChI=1S/C28H30N6O6S/c1-17(29)32-10-8-22(9-11-32)40-23-6-7-25-24(14-23)28(37)34(16-26(35)36)41(38,39)33(25)15-18-2-3-19-4-5-20(27(30)31)13-21(19)12-18/h2-7,12-14,22,29H,8-11,15-16H2,1H3,(H3,30,31)(H,35,36). The topological polar surface area (TPSA) is 181 Å². The summed E-state index contributed by atoms with van der Waals surface area (Å²) in [5, 5.41) is 26.5. The van der Waals surface area contributed by atoms with Crippen LogP contribution in [-0.4, -0.2) is 72.0 Å². The SMILES string of the molecule is CC(=N)N1CCC(Oc2ccc3c(c2)C(=O)N(CC(=O)O)S(=O)(=O)N3Cc2ccc3ccc(C(=N)N)cc3c2)CC1. The number of hydrogen-bond acceptors (Lipinski definition) is 7. The molecule has 2 aliphatic rings. The van der Waals surface area contributed by atoms with Crippen LogP contribution in [0.25, 0.3) is 10.8 Å². The first-order valence-electron chi connectivity index (χ1n) is 13.0. The lowest BCUT2D eigenvalue weighted by Gasteiger charge is -2.37. The molecule has 0 radical (unpaired) electrons. The first kappa shape index (κ1) is 27.9. The maximum Gasteiger partial charge on any atom is 0.329 e. The third-order valence-corrected chi connectivity index (χ3v) is 9.03. The van der Waals surface area contributed by atoms with Crippen LogP contribution in [0, 0.1) is 10.8 Å². The van der Waals surface area contributed by atoms with E-state index in [1.165, 1.54) is 12.1 Å². The van der Waals surface area contributed by atoms with E-state index < -0.39 is 28.6 Å². The van der Waals surface area contributed by atoms with Gasteiger partial charge in [-0.15, -0.1) is 0 Å². The van der Waals surface area contributed by atoms with Crippen LogP contribution < -0.4 is 14.8 Å². The molecule has 41 heavy (non-hydrogen) atoms. The number of hydrogen-bond donors (Lipinski definition) is 4. The van der Waals surface area contributed by atoms with Gasteiger partial charge in [0.05, 0.1) is 23.6 Å². The number of amidine groups is 2. The Kier molecular flexibility index (Phi) is 7.30. The number of anilines is 1. The molecular weight excluding hydrogens is 548 g/mol. The number of carbonyl (C=O) groups is 2. The molecule has 3 aromatic carbocycles. The van der Waals surface area contributed by atoms with Gasteiger partial charge in [-0.25, -0.2) is 8.61 Å². The van der Waals surface area contributed by atoms with Crippen LogP contribution in [-0.2, 0) is 21.5 Å². The molecule has 0 unspecified atom stereocenters. The Bertz CT molecular complexity index is 1680. The van der Waals surface area contributed by atoms with Crippen LogP contribution in [0.1, 0.15) is 41.3 Å². The molecule has 1 amide bonds. The lowest BCUT2D eigenvalue weighted by molar-refractivity contribution is -0.136. The van der Waals surface area contributed by atoms with Crippen molar-refractivity contribution in [1.82, 2.24) is 9.21 Å². The highest BCUT2D eigenvalue weighted by Gasteiger charge is 2.43. The predicted molar refractivity (Wildman–Crippen MR) is 154 cm³/mol. The van der Waals surface area contributed by atoms with Crippen LogP contribution in [0.3, 0.4) is 0 Å². The molecule has 13 heteroatoms. The summed E-state index contributed by atoms with van der Waals surface area (Å²) in [5.74, 6) is -1.63. The van der Waals surface area contributed by atoms with E-state index in [1.54, 1.807) is 37.3 Å². The minimum atomic E-state index is -4.53. The van der Waals surface area contributed by atoms with Gasteiger partial charge in [-0.2, -0.15) is 8.42 Å². The van der Waals surface area contributed by atoms with Gasteiger partial charge in [0, 0.05) is 31.5 Å². The normalized spacial score (nSPS) is 16.9. The van der Waals surface area contributed by atoms with Gasteiger partial charge in [-0.05, 0) is 53.6 Å². The molecule has 5 N–H and O–H groups in total. The fourth-order valence-electron chi connectivity index (χ4n) is 5.13. The van der Waals surface area contributed by atoms with E-state index in [9.17, 15) is 23.1 Å². The van der Waals surface area contributed by atoms with Gasteiger partial charge < -0.3 is 20.5 Å². The van der Waals surface area contributed by atoms with Gasteiger partial charge in [0.2, 0.25) is 0 Å². The first-order chi connectivity index (χ1) is 19.4. The molecule has 0 saturated carbocycles. The van der Waals surface area contributed by atoms with E-state index in [0.717, 1.165) is 15.1 Å². The van der Waals surface area contributed by atoms with Crippen molar-refractivity contribution >= 4 is 50.2 Å². The second kappa shape index (κ2) is 10.7. The molecule has 12 nitrogen and oxygen atoms in total. The van der Waals surface area contributed by atoms with Crippen molar-refractivity contribution in [2.24, 2.45) is 5.73 Å². The van der Waals surface area contributed by atoms with E-state index >= 15 is 0 Å². The number of carboxylic acids is 1. The lowest BCUT2D eigenvalue weighted by Crippen LogP contribution is -2.52. The Hall–Kier alpha value is -4.65. The summed E-state index contributed by atoms with van der Waals surface area (Å²) in [6, 6.07) is 15.2. The van der Waals surface area contributed by atoms with Crippen molar-refractivity contribution in [3.05, 3.63) is 71.3 Å². The van der Waals surface area contributed by atoms with Crippen LogP contribution in [0.2, 0.25) is 0 Å². The highest BCUT2D eigenvalue weighted by atomic mass is 32.2. The van der Waals surface area contributed by atoms with Gasteiger partial charge in [-0.3, -0.25) is 20.4 Å². The zero-order valence-electron chi connectivity index (χ0n) is 22.3. The monoisotopic (exact) mass is 578 g/mol. The molecule has 0 aliphatic carbocycles. The average molecular weight is 579 g/mol. The van der Waals surface area contributed by atoms with Gasteiger partial charge >= 0.3 is 16.2 Å². The Morgan fingerprint density at radius 2 is 1.73 bits per heavy atom. The number of nitrogens with one attached hydrogen (secondary N) is 2. The molecule has 3 aromatic rings. The number of ether oxygens (including phenoxy) is 1. The Morgan fingerprint density at radius 1 is 1.02 bits per heavy atom. The number of nitrogen functional groups attached to an aromatic ring is 1. The zero-order valence-corrected chi connectivity index (χ0v) is 23.1. The molecule has 2 heterocycles. The van der Waals surface area contributed by atoms with E-state index in [1.807, 2.05) is 17.0 Å². The quantitative estimate of drug-likeness (QED) is 0.244. The highest BCUT2D eigenvalue weighted by Crippen LogP contribution is 2.37. The van der Waals surface area contributed by atoms with Crippen molar-refractivity contribution in [3.8, 4) is 5.75 Å². The first-order valence-corrected chi connectivity index (χ1v) is 14.4. The largest absolute Gasteiger partial charge is 0.490 e. The van der Waals surface area contributed by atoms with Gasteiger partial charge in [0.1, 0.15) is 24.2 Å². The van der Waals surface area contributed by atoms with Gasteiger partial charge in [-0.1, -0.05) is 24.3 Å². The number of nitrogens with zero attached hydrogens (tertiary/aromatic N) is 3. The highest BCUT2D eigenvalue weighted by molar-refractivity contribution is 7.91. The Balaban J connectivity index is 1.49. The molecule has 0 spiro atoms. The van der Waals surface area contributed by atoms with Crippen LogP contribution in [0.15, 0.2) is 54.6 Å². The number of piperidine rings is 1. The summed E-state index contributed by atoms with van der Waals surface area (Å²) in [6.07, 6.45) is 1.22. The van der Waals surface area contributed by atoms with E-state index in [-0.39, 0.29) is 29.7 Å². The van der Waals surface area contributed by atoms with Crippen molar-refractivity contribution < 1.29 is 27.9 Å². The molecule has 0 bridgehead atoms. The van der Waals surface area contributed by atoms with E-state index in [4.69, 9.17) is 21.3 Å². The molecule has 0 aromatic heterocycles. The number of benzene rings is 3. The van der Waals surface area contributed by atoms with Gasteiger partial charge in [0.15, 0.2) is 0 Å². The van der Waals surface area contributed by atoms with Gasteiger partial charge in [0.25, 0.3) is 5.91 Å². The molecule has 5 rings (SSSR count). The minimum absolute atomic E-state index is 0.0194. The minimum Gasteiger partial charge on any atom is -0.490 e. The maximum atomic E-state index is 13.6. The number of carboxylic acid groups (broad SMARTS) is 1. The summed E-state index contributed by atoms with van der Waals surface area (Å²) in [4.78, 5) is 26.9. The van der Waals surface area contributed by atoms with Crippen molar-refractivity contribution in [2.75, 3.05) is 23.9 Å². The summed E-state index contributed by atoms with van der Waals surface area (Å²) in [7, 11) is -4.53. The summed E-state index contributed by atoms with van der Waals surface area (Å²) < 4.78 is 34.7. The maximum absolute atomic E-state index is 13.6. The Labute approximate surface area is 237 Å². The molecule has 0 atom stereocenters.